The van der Waals surface area contributed by atoms with Gasteiger partial charge in [0.25, 0.3) is 0 Å². The van der Waals surface area contributed by atoms with Crippen LogP contribution in [0.4, 0.5) is 0 Å². The van der Waals surface area contributed by atoms with Gasteiger partial charge in [-0.3, -0.25) is 0 Å². The highest BCUT2D eigenvalue weighted by molar-refractivity contribution is 7.57. The van der Waals surface area contributed by atoms with E-state index >= 15 is 0 Å². The maximum Gasteiger partial charge on any atom is -0.0326 e. The molecular formula is C25H55P. The Morgan fingerprint density at radius 1 is 0.346 bits per heavy atom. The first-order valence-corrected chi connectivity index (χ1v) is 14.0. The van der Waals surface area contributed by atoms with E-state index in [0.717, 1.165) is 0 Å². The van der Waals surface area contributed by atoms with Crippen molar-refractivity contribution in [2.24, 2.45) is 0 Å². The third kappa shape index (κ3) is 22.5. The van der Waals surface area contributed by atoms with Crippen molar-refractivity contribution in [3.63, 3.8) is 0 Å². The van der Waals surface area contributed by atoms with Gasteiger partial charge in [0, 0.05) is 0 Å². The van der Waals surface area contributed by atoms with Crippen LogP contribution in [0.2, 0.25) is 0 Å². The van der Waals surface area contributed by atoms with Crippen molar-refractivity contribution < 1.29 is 0 Å². The van der Waals surface area contributed by atoms with Gasteiger partial charge in [-0.25, -0.2) is 0 Å². The predicted molar refractivity (Wildman–Crippen MR) is 128 cm³/mol. The van der Waals surface area contributed by atoms with Gasteiger partial charge in [-0.15, -0.1) is 7.92 Å². The van der Waals surface area contributed by atoms with Gasteiger partial charge < -0.3 is 0 Å². The maximum absolute atomic E-state index is 2.32. The Bertz CT molecular complexity index is 188. The maximum atomic E-state index is 2.32. The first-order valence-electron chi connectivity index (χ1n) is 12.1. The van der Waals surface area contributed by atoms with E-state index in [2.05, 4.69) is 20.8 Å². The zero-order valence-electron chi connectivity index (χ0n) is 18.3. The Hall–Kier alpha value is 0.430. The van der Waals surface area contributed by atoms with Crippen molar-refractivity contribution >= 4 is 7.92 Å². The minimum Gasteiger partial charge on any atom is -0.107 e. The average molecular weight is 387 g/mol. The van der Waals surface area contributed by atoms with E-state index in [1.165, 1.54) is 116 Å². The van der Waals surface area contributed by atoms with Crippen LogP contribution in [0.15, 0.2) is 0 Å². The Balaban J connectivity index is 0. The smallest absolute Gasteiger partial charge is 0.0326 e. The lowest BCUT2D eigenvalue weighted by molar-refractivity contribution is 0.617. The highest BCUT2D eigenvalue weighted by Crippen LogP contribution is 2.39. The molecule has 0 fully saturated rings. The van der Waals surface area contributed by atoms with Crippen LogP contribution in [-0.4, -0.2) is 18.5 Å². The Morgan fingerprint density at radius 2 is 0.577 bits per heavy atom. The molecule has 0 atom stereocenters. The third-order valence-corrected chi connectivity index (χ3v) is 8.33. The molecule has 0 aliphatic carbocycles. The van der Waals surface area contributed by atoms with Crippen LogP contribution in [-0.2, 0) is 0 Å². The van der Waals surface area contributed by atoms with Crippen LogP contribution >= 0.6 is 7.92 Å². The van der Waals surface area contributed by atoms with E-state index in [4.69, 9.17) is 0 Å². The molecule has 0 bridgehead atoms. The van der Waals surface area contributed by atoms with Crippen LogP contribution in [0.5, 0.6) is 0 Å². The van der Waals surface area contributed by atoms with Crippen molar-refractivity contribution in [3.8, 4) is 0 Å². The highest BCUT2D eigenvalue weighted by atomic mass is 31.1. The average Bonchev–Trinajstić information content (AvgIpc) is 2.63. The molecule has 0 saturated carbocycles. The molecular weight excluding hydrogens is 331 g/mol. The summed E-state index contributed by atoms with van der Waals surface area (Å²) in [4.78, 5) is 0. The Morgan fingerprint density at radius 3 is 0.846 bits per heavy atom. The standard InChI is InChI=1S/C24H51P.CH4/c1-4-7-10-13-16-19-22-25(23-20-17-14-11-8-5-2)24-21-18-15-12-9-6-3;/h4-24H2,1-3H3;1H4. The topological polar surface area (TPSA) is 0 Å². The van der Waals surface area contributed by atoms with E-state index in [-0.39, 0.29) is 7.43 Å². The van der Waals surface area contributed by atoms with E-state index in [1.54, 1.807) is 18.5 Å². The van der Waals surface area contributed by atoms with Crippen molar-refractivity contribution in [3.05, 3.63) is 0 Å². The number of unbranched alkanes of at least 4 members (excludes halogenated alkanes) is 15. The van der Waals surface area contributed by atoms with Crippen molar-refractivity contribution in [2.45, 2.75) is 144 Å². The number of rotatable bonds is 21. The fourth-order valence-corrected chi connectivity index (χ4v) is 6.37. The molecule has 0 unspecified atom stereocenters. The minimum atomic E-state index is 0. The third-order valence-electron chi connectivity index (χ3n) is 5.48. The number of hydrogen-bond acceptors (Lipinski definition) is 0. The summed E-state index contributed by atoms with van der Waals surface area (Å²) in [5.41, 5.74) is 0. The fraction of sp³-hybridized carbons (Fsp3) is 1.00. The molecule has 0 aliphatic rings. The fourth-order valence-electron chi connectivity index (χ4n) is 3.68. The van der Waals surface area contributed by atoms with Gasteiger partial charge in [0.2, 0.25) is 0 Å². The molecule has 0 heterocycles. The zero-order valence-corrected chi connectivity index (χ0v) is 19.2. The molecule has 0 aromatic rings. The molecule has 0 spiro atoms. The summed E-state index contributed by atoms with van der Waals surface area (Å²) in [6.45, 7) is 6.96. The van der Waals surface area contributed by atoms with Gasteiger partial charge in [-0.2, -0.15) is 0 Å². The van der Waals surface area contributed by atoms with Crippen molar-refractivity contribution in [2.75, 3.05) is 18.5 Å². The Kier molecular flexibility index (Phi) is 28.0. The lowest BCUT2D eigenvalue weighted by Crippen LogP contribution is -1.97. The van der Waals surface area contributed by atoms with Crippen LogP contribution in [0, 0.1) is 0 Å². The summed E-state index contributed by atoms with van der Waals surface area (Å²) < 4.78 is 0. The summed E-state index contributed by atoms with van der Waals surface area (Å²) in [6.07, 6.45) is 31.2. The van der Waals surface area contributed by atoms with E-state index in [9.17, 15) is 0 Å². The molecule has 0 rings (SSSR count). The molecule has 0 saturated heterocycles. The van der Waals surface area contributed by atoms with Crippen molar-refractivity contribution in [1.82, 2.24) is 0 Å². The van der Waals surface area contributed by atoms with Crippen LogP contribution in [0.1, 0.15) is 144 Å². The van der Waals surface area contributed by atoms with Gasteiger partial charge >= 0.3 is 0 Å². The Labute approximate surface area is 170 Å². The predicted octanol–water partition coefficient (Wildman–Crippen LogP) is 10.2. The minimum absolute atomic E-state index is 0. The summed E-state index contributed by atoms with van der Waals surface area (Å²) in [5.74, 6) is 0. The molecule has 0 N–H and O–H groups in total. The quantitative estimate of drug-likeness (QED) is 0.136. The SMILES string of the molecule is C.CCCCCCCCP(CCCCCCCC)CCCCCCCC. The molecule has 160 valence electrons. The molecule has 0 aromatic carbocycles. The second-order valence-electron chi connectivity index (χ2n) is 8.14. The lowest BCUT2D eigenvalue weighted by atomic mass is 10.1. The molecule has 0 radical (unpaired) electrons. The van der Waals surface area contributed by atoms with Gasteiger partial charge in [0.1, 0.15) is 0 Å². The van der Waals surface area contributed by atoms with Crippen LogP contribution < -0.4 is 0 Å². The lowest BCUT2D eigenvalue weighted by Gasteiger charge is -2.18. The van der Waals surface area contributed by atoms with Gasteiger partial charge in [-0.1, -0.05) is 125 Å². The molecule has 0 amide bonds. The van der Waals surface area contributed by atoms with E-state index in [0.29, 0.717) is 7.92 Å². The van der Waals surface area contributed by atoms with E-state index < -0.39 is 0 Å². The zero-order chi connectivity index (χ0) is 18.4. The molecule has 0 nitrogen and oxygen atoms in total. The normalized spacial score (nSPS) is 11.1. The second-order valence-corrected chi connectivity index (χ2v) is 10.8. The van der Waals surface area contributed by atoms with Crippen LogP contribution in [0.3, 0.4) is 0 Å². The monoisotopic (exact) mass is 386 g/mol. The molecule has 0 aromatic heterocycles. The molecule has 0 aliphatic heterocycles. The van der Waals surface area contributed by atoms with Crippen molar-refractivity contribution in [1.29, 1.82) is 0 Å². The highest BCUT2D eigenvalue weighted by Gasteiger charge is 2.07. The summed E-state index contributed by atoms with van der Waals surface area (Å²) >= 11 is 0. The molecule has 26 heavy (non-hydrogen) atoms. The first-order chi connectivity index (χ1) is 12.3. The summed E-state index contributed by atoms with van der Waals surface area (Å²) in [5, 5.41) is 0. The summed E-state index contributed by atoms with van der Waals surface area (Å²) in [7, 11) is 0.366. The summed E-state index contributed by atoms with van der Waals surface area (Å²) in [6, 6.07) is 0. The van der Waals surface area contributed by atoms with Gasteiger partial charge in [0.15, 0.2) is 0 Å². The largest absolute Gasteiger partial charge is 0.107 e. The second kappa shape index (κ2) is 25.4. The van der Waals surface area contributed by atoms with Gasteiger partial charge in [0.05, 0.1) is 0 Å². The molecule has 1 heteroatoms. The first kappa shape index (κ1) is 28.6. The van der Waals surface area contributed by atoms with E-state index in [1.807, 2.05) is 0 Å². The van der Waals surface area contributed by atoms with Crippen LogP contribution in [0.25, 0.3) is 0 Å². The number of hydrogen-bond donors (Lipinski definition) is 0. The van der Waals surface area contributed by atoms with Gasteiger partial charge in [-0.05, 0) is 37.7 Å².